The van der Waals surface area contributed by atoms with E-state index < -0.39 is 17.5 Å². The average molecular weight is 262 g/mol. The summed E-state index contributed by atoms with van der Waals surface area (Å²) in [4.78, 5) is 11.8. The molecule has 3 atom stereocenters. The van der Waals surface area contributed by atoms with Gasteiger partial charge in [-0.15, -0.1) is 0 Å². The maximum absolute atomic E-state index is 11.8. The fourth-order valence-corrected chi connectivity index (χ4v) is 2.21. The molecule has 0 bridgehead atoms. The Morgan fingerprint density at radius 2 is 2.16 bits per heavy atom. The zero-order valence-corrected chi connectivity index (χ0v) is 11.0. The molecule has 1 heterocycles. The maximum atomic E-state index is 11.8. The van der Waals surface area contributed by atoms with E-state index in [9.17, 15) is 15.0 Å². The average Bonchev–Trinajstić information content (AvgIpc) is 2.37. The van der Waals surface area contributed by atoms with Crippen LogP contribution in [0.5, 0.6) is 0 Å². The van der Waals surface area contributed by atoms with Crippen LogP contribution in [-0.2, 0) is 9.53 Å². The lowest BCUT2D eigenvalue weighted by atomic mass is 9.75. The van der Waals surface area contributed by atoms with Gasteiger partial charge in [-0.25, -0.2) is 0 Å². The molecule has 0 saturated carbocycles. The molecular formula is C15H18O4. The van der Waals surface area contributed by atoms with Crippen LogP contribution < -0.4 is 0 Å². The Bertz CT molecular complexity index is 494. The summed E-state index contributed by atoms with van der Waals surface area (Å²) in [5.74, 6) is -0.199. The van der Waals surface area contributed by atoms with Crippen molar-refractivity contribution < 1.29 is 19.7 Å². The van der Waals surface area contributed by atoms with E-state index in [4.69, 9.17) is 4.74 Å². The molecule has 0 amide bonds. The highest BCUT2D eigenvalue weighted by molar-refractivity contribution is 5.99. The first-order valence-corrected chi connectivity index (χ1v) is 6.27. The summed E-state index contributed by atoms with van der Waals surface area (Å²) in [5.41, 5.74) is -1.03. The number of aliphatic hydroxyl groups excluding tert-OH is 1. The van der Waals surface area contributed by atoms with Gasteiger partial charge in [0.1, 0.15) is 5.76 Å². The van der Waals surface area contributed by atoms with Crippen molar-refractivity contribution in [1.29, 1.82) is 0 Å². The maximum Gasteiger partial charge on any atom is 0.189 e. The van der Waals surface area contributed by atoms with E-state index in [0.717, 1.165) is 0 Å². The highest BCUT2D eigenvalue weighted by Crippen LogP contribution is 2.35. The zero-order valence-electron chi connectivity index (χ0n) is 11.0. The van der Waals surface area contributed by atoms with Crippen molar-refractivity contribution in [1.82, 2.24) is 0 Å². The Hall–Kier alpha value is -1.65. The van der Waals surface area contributed by atoms with Crippen LogP contribution in [0, 0.1) is 5.92 Å². The van der Waals surface area contributed by atoms with E-state index in [1.165, 1.54) is 13.0 Å². The molecule has 102 valence electrons. The molecule has 1 aliphatic heterocycles. The minimum absolute atomic E-state index is 0.252. The molecule has 0 spiro atoms. The second kappa shape index (κ2) is 5.15. The fraction of sp³-hybridized carbons (Fsp3) is 0.400. The number of fused-ring (bicyclic) bond motifs is 1. The molecule has 0 saturated heterocycles. The SMILES string of the molecule is C/C=C/C=C/C1=CC2=CC(=O)[C@@](C)(O)[C@H](O)[C@H]2CO1. The van der Waals surface area contributed by atoms with Gasteiger partial charge in [-0.2, -0.15) is 0 Å². The first kappa shape index (κ1) is 13.8. The minimum atomic E-state index is -1.73. The van der Waals surface area contributed by atoms with Crippen LogP contribution in [0.25, 0.3) is 0 Å². The van der Waals surface area contributed by atoms with Crippen LogP contribution >= 0.6 is 0 Å². The topological polar surface area (TPSA) is 66.8 Å². The van der Waals surface area contributed by atoms with E-state index >= 15 is 0 Å². The molecule has 0 fully saturated rings. The summed E-state index contributed by atoms with van der Waals surface area (Å²) < 4.78 is 5.51. The van der Waals surface area contributed by atoms with Gasteiger partial charge >= 0.3 is 0 Å². The summed E-state index contributed by atoms with van der Waals surface area (Å²) in [6, 6.07) is 0. The second-order valence-corrected chi connectivity index (χ2v) is 4.95. The Morgan fingerprint density at radius 3 is 2.84 bits per heavy atom. The molecule has 19 heavy (non-hydrogen) atoms. The fourth-order valence-electron chi connectivity index (χ4n) is 2.21. The summed E-state index contributed by atoms with van der Waals surface area (Å²) in [6.07, 6.45) is 9.37. The summed E-state index contributed by atoms with van der Waals surface area (Å²) in [6.45, 7) is 3.50. The number of ether oxygens (including phenoxy) is 1. The smallest absolute Gasteiger partial charge is 0.189 e. The van der Waals surface area contributed by atoms with E-state index in [0.29, 0.717) is 11.3 Å². The third kappa shape index (κ3) is 2.55. The van der Waals surface area contributed by atoms with Crippen LogP contribution in [0.2, 0.25) is 0 Å². The van der Waals surface area contributed by atoms with Gasteiger partial charge in [-0.3, -0.25) is 4.79 Å². The number of hydrogen-bond acceptors (Lipinski definition) is 4. The Labute approximate surface area is 112 Å². The Kier molecular flexibility index (Phi) is 3.73. The molecular weight excluding hydrogens is 244 g/mol. The van der Waals surface area contributed by atoms with Gasteiger partial charge in [0, 0.05) is 5.92 Å². The number of carbonyl (C=O) groups excluding carboxylic acids is 1. The number of ketones is 1. The van der Waals surface area contributed by atoms with E-state index in [1.807, 2.05) is 25.2 Å². The van der Waals surface area contributed by atoms with E-state index in [1.54, 1.807) is 12.2 Å². The Balaban J connectivity index is 2.29. The summed E-state index contributed by atoms with van der Waals surface area (Å²) in [5, 5.41) is 20.0. The quantitative estimate of drug-likeness (QED) is 0.735. The number of hydrogen-bond donors (Lipinski definition) is 2. The lowest BCUT2D eigenvalue weighted by Gasteiger charge is -2.39. The van der Waals surface area contributed by atoms with Crippen molar-refractivity contribution in [2.24, 2.45) is 5.92 Å². The highest BCUT2D eigenvalue weighted by atomic mass is 16.5. The number of rotatable bonds is 2. The monoisotopic (exact) mass is 262 g/mol. The van der Waals surface area contributed by atoms with Crippen LogP contribution in [0.1, 0.15) is 13.8 Å². The lowest BCUT2D eigenvalue weighted by Crippen LogP contribution is -2.54. The van der Waals surface area contributed by atoms with Gasteiger partial charge < -0.3 is 14.9 Å². The molecule has 0 aromatic heterocycles. The summed E-state index contributed by atoms with van der Waals surface area (Å²) in [7, 11) is 0. The van der Waals surface area contributed by atoms with Crippen molar-refractivity contribution in [3.05, 3.63) is 47.8 Å². The third-order valence-electron chi connectivity index (χ3n) is 3.48. The molecule has 1 aliphatic carbocycles. The zero-order chi connectivity index (χ0) is 14.0. The van der Waals surface area contributed by atoms with E-state index in [2.05, 4.69) is 0 Å². The van der Waals surface area contributed by atoms with Gasteiger partial charge in [0.05, 0.1) is 12.7 Å². The lowest BCUT2D eigenvalue weighted by molar-refractivity contribution is -0.150. The van der Waals surface area contributed by atoms with Crippen molar-refractivity contribution >= 4 is 5.78 Å². The van der Waals surface area contributed by atoms with Crippen molar-refractivity contribution in [3.63, 3.8) is 0 Å². The van der Waals surface area contributed by atoms with Crippen molar-refractivity contribution in [3.8, 4) is 0 Å². The second-order valence-electron chi connectivity index (χ2n) is 4.95. The van der Waals surface area contributed by atoms with Crippen LogP contribution in [0.4, 0.5) is 0 Å². The van der Waals surface area contributed by atoms with Gasteiger partial charge in [0.25, 0.3) is 0 Å². The number of carbonyl (C=O) groups is 1. The molecule has 4 nitrogen and oxygen atoms in total. The van der Waals surface area contributed by atoms with Gasteiger partial charge in [0.15, 0.2) is 11.4 Å². The van der Waals surface area contributed by atoms with Gasteiger partial charge in [-0.1, -0.05) is 18.2 Å². The van der Waals surface area contributed by atoms with Crippen LogP contribution in [0.15, 0.2) is 47.8 Å². The normalized spacial score (nSPS) is 35.1. The largest absolute Gasteiger partial charge is 0.493 e. The standard InChI is InChI=1S/C15H18O4/c1-3-4-5-6-11-7-10-8-13(16)15(2,18)14(17)12(10)9-19-11/h3-8,12,14,17-18H,9H2,1-2H3/b4-3+,6-5+/t12-,14+,15+/m0/s1. The van der Waals surface area contributed by atoms with Gasteiger partial charge in [-0.05, 0) is 37.6 Å². The first-order chi connectivity index (χ1) is 8.96. The van der Waals surface area contributed by atoms with Crippen molar-refractivity contribution in [2.45, 2.75) is 25.6 Å². The summed E-state index contributed by atoms with van der Waals surface area (Å²) >= 11 is 0. The predicted molar refractivity (Wildman–Crippen MR) is 71.2 cm³/mol. The molecule has 0 unspecified atom stereocenters. The molecule has 4 heteroatoms. The molecule has 2 aliphatic rings. The Morgan fingerprint density at radius 1 is 1.42 bits per heavy atom. The van der Waals surface area contributed by atoms with Gasteiger partial charge in [0.2, 0.25) is 0 Å². The van der Waals surface area contributed by atoms with Crippen LogP contribution in [-0.4, -0.2) is 34.3 Å². The predicted octanol–water partition coefficient (Wildman–Crippen LogP) is 1.27. The highest BCUT2D eigenvalue weighted by Gasteiger charge is 2.47. The van der Waals surface area contributed by atoms with Crippen LogP contribution in [0.3, 0.4) is 0 Å². The first-order valence-electron chi connectivity index (χ1n) is 6.27. The minimum Gasteiger partial charge on any atom is -0.493 e. The molecule has 2 N–H and O–H groups in total. The van der Waals surface area contributed by atoms with E-state index in [-0.39, 0.29) is 12.5 Å². The number of allylic oxidation sites excluding steroid dienone is 5. The molecule has 2 rings (SSSR count). The third-order valence-corrected chi connectivity index (χ3v) is 3.48. The van der Waals surface area contributed by atoms with Crippen molar-refractivity contribution in [2.75, 3.05) is 6.61 Å². The number of aliphatic hydroxyl groups is 2. The molecule has 0 radical (unpaired) electrons. The molecule has 0 aromatic carbocycles. The molecule has 0 aromatic rings.